The number of carbonyl (C=O) groups excluding carboxylic acids is 1. The Morgan fingerprint density at radius 2 is 2.22 bits per heavy atom. The molecule has 3 N–H and O–H groups in total. The van der Waals surface area contributed by atoms with Gasteiger partial charge in [-0.3, -0.25) is 4.79 Å². The lowest BCUT2D eigenvalue weighted by molar-refractivity contribution is -0.119. The summed E-state index contributed by atoms with van der Waals surface area (Å²) in [6.45, 7) is 0. The number of nitrogens with zero attached hydrogens (tertiary/aromatic N) is 2. The number of pyridine rings is 1. The van der Waals surface area contributed by atoms with Crippen molar-refractivity contribution in [1.82, 2.24) is 4.98 Å². The van der Waals surface area contributed by atoms with Crippen LogP contribution in [0, 0.1) is 5.92 Å². The zero-order chi connectivity index (χ0) is 13.1. The molecular formula is C13H20N4O. The van der Waals surface area contributed by atoms with Gasteiger partial charge in [0.2, 0.25) is 5.91 Å². The molecule has 2 unspecified atom stereocenters. The summed E-state index contributed by atoms with van der Waals surface area (Å²) in [6.07, 6.45) is 4.29. The van der Waals surface area contributed by atoms with E-state index in [1.807, 2.05) is 31.1 Å². The topological polar surface area (TPSA) is 71.2 Å². The van der Waals surface area contributed by atoms with Crippen molar-refractivity contribution in [1.29, 1.82) is 0 Å². The summed E-state index contributed by atoms with van der Waals surface area (Å²) in [7, 11) is 3.86. The molecule has 0 aliphatic heterocycles. The van der Waals surface area contributed by atoms with Crippen LogP contribution in [-0.4, -0.2) is 31.0 Å². The maximum atomic E-state index is 12.0. The van der Waals surface area contributed by atoms with Crippen LogP contribution < -0.4 is 16.0 Å². The second-order valence-corrected chi connectivity index (χ2v) is 5.06. The van der Waals surface area contributed by atoms with Crippen LogP contribution in [-0.2, 0) is 4.79 Å². The fraction of sp³-hybridized carbons (Fsp3) is 0.538. The average molecular weight is 248 g/mol. The molecule has 5 heteroatoms. The van der Waals surface area contributed by atoms with Crippen molar-refractivity contribution < 1.29 is 4.79 Å². The lowest BCUT2D eigenvalue weighted by Crippen LogP contribution is -2.23. The third-order valence-corrected chi connectivity index (χ3v) is 3.32. The van der Waals surface area contributed by atoms with E-state index in [2.05, 4.69) is 10.3 Å². The van der Waals surface area contributed by atoms with Gasteiger partial charge in [0.25, 0.3) is 0 Å². The Morgan fingerprint density at radius 1 is 1.44 bits per heavy atom. The van der Waals surface area contributed by atoms with E-state index in [1.165, 1.54) is 0 Å². The molecule has 0 radical (unpaired) electrons. The predicted octanol–water partition coefficient (Wildman–Crippen LogP) is 1.21. The number of rotatable bonds is 3. The molecular weight excluding hydrogens is 228 g/mol. The van der Waals surface area contributed by atoms with Gasteiger partial charge < -0.3 is 16.0 Å². The third-order valence-electron chi connectivity index (χ3n) is 3.32. The molecule has 1 aromatic rings. The number of aromatic nitrogens is 1. The summed E-state index contributed by atoms with van der Waals surface area (Å²) in [6, 6.07) is 3.93. The fourth-order valence-corrected chi connectivity index (χ4v) is 2.22. The normalized spacial score (nSPS) is 22.8. The molecule has 0 bridgehead atoms. The van der Waals surface area contributed by atoms with Crippen LogP contribution in [0.15, 0.2) is 18.3 Å². The summed E-state index contributed by atoms with van der Waals surface area (Å²) < 4.78 is 0. The summed E-state index contributed by atoms with van der Waals surface area (Å²) >= 11 is 0. The maximum absolute atomic E-state index is 12.0. The van der Waals surface area contributed by atoms with Crippen LogP contribution >= 0.6 is 0 Å². The standard InChI is InChI=1S/C13H20N4O/c1-17(2)12-6-5-11(8-15-12)16-13(18)9-3-4-10(14)7-9/h5-6,8-10H,3-4,7,14H2,1-2H3,(H,16,18). The molecule has 2 rings (SSSR count). The lowest BCUT2D eigenvalue weighted by atomic mass is 10.1. The maximum Gasteiger partial charge on any atom is 0.227 e. The van der Waals surface area contributed by atoms with Crippen molar-refractivity contribution in [2.45, 2.75) is 25.3 Å². The average Bonchev–Trinajstić information content (AvgIpc) is 2.76. The van der Waals surface area contributed by atoms with Crippen LogP contribution in [0.3, 0.4) is 0 Å². The van der Waals surface area contributed by atoms with Gasteiger partial charge in [-0.25, -0.2) is 4.98 Å². The van der Waals surface area contributed by atoms with Crippen molar-refractivity contribution in [3.63, 3.8) is 0 Å². The second-order valence-electron chi connectivity index (χ2n) is 5.06. The fourth-order valence-electron chi connectivity index (χ4n) is 2.22. The number of nitrogens with two attached hydrogens (primary N) is 1. The van der Waals surface area contributed by atoms with Crippen molar-refractivity contribution in [2.75, 3.05) is 24.3 Å². The van der Waals surface area contributed by atoms with Crippen molar-refractivity contribution in [3.05, 3.63) is 18.3 Å². The Morgan fingerprint density at radius 3 is 2.72 bits per heavy atom. The highest BCUT2D eigenvalue weighted by Gasteiger charge is 2.27. The molecule has 1 fully saturated rings. The number of hydrogen-bond acceptors (Lipinski definition) is 4. The first kappa shape index (κ1) is 12.8. The molecule has 1 aliphatic carbocycles. The first-order valence-corrected chi connectivity index (χ1v) is 6.26. The first-order valence-electron chi connectivity index (χ1n) is 6.26. The minimum Gasteiger partial charge on any atom is -0.363 e. The molecule has 2 atom stereocenters. The Hall–Kier alpha value is -1.62. The smallest absolute Gasteiger partial charge is 0.227 e. The van der Waals surface area contributed by atoms with Crippen LogP contribution in [0.1, 0.15) is 19.3 Å². The highest BCUT2D eigenvalue weighted by molar-refractivity contribution is 5.92. The van der Waals surface area contributed by atoms with Crippen molar-refractivity contribution in [3.8, 4) is 0 Å². The number of anilines is 2. The van der Waals surface area contributed by atoms with Crippen LogP contribution in [0.2, 0.25) is 0 Å². The van der Waals surface area contributed by atoms with E-state index in [-0.39, 0.29) is 17.9 Å². The van der Waals surface area contributed by atoms with E-state index in [4.69, 9.17) is 5.73 Å². The van der Waals surface area contributed by atoms with Gasteiger partial charge in [-0.15, -0.1) is 0 Å². The van der Waals surface area contributed by atoms with Crippen molar-refractivity contribution in [2.24, 2.45) is 11.7 Å². The van der Waals surface area contributed by atoms with Gasteiger partial charge in [0.1, 0.15) is 5.82 Å². The molecule has 18 heavy (non-hydrogen) atoms. The summed E-state index contributed by atoms with van der Waals surface area (Å²) in [4.78, 5) is 18.2. The summed E-state index contributed by atoms with van der Waals surface area (Å²) in [5.74, 6) is 0.978. The van der Waals surface area contributed by atoms with Gasteiger partial charge in [-0.1, -0.05) is 0 Å². The molecule has 0 aromatic carbocycles. The highest BCUT2D eigenvalue weighted by atomic mass is 16.1. The Balaban J connectivity index is 1.95. The zero-order valence-corrected chi connectivity index (χ0v) is 10.9. The minimum atomic E-state index is 0.0496. The van der Waals surface area contributed by atoms with Crippen LogP contribution in [0.5, 0.6) is 0 Å². The molecule has 98 valence electrons. The molecule has 1 saturated carbocycles. The Bertz CT molecular complexity index is 416. The molecule has 5 nitrogen and oxygen atoms in total. The molecule has 1 heterocycles. The molecule has 1 amide bonds. The monoisotopic (exact) mass is 248 g/mol. The van der Waals surface area contributed by atoms with Gasteiger partial charge in [-0.2, -0.15) is 0 Å². The molecule has 0 spiro atoms. The van der Waals surface area contributed by atoms with Gasteiger partial charge >= 0.3 is 0 Å². The minimum absolute atomic E-state index is 0.0496. The largest absolute Gasteiger partial charge is 0.363 e. The van der Waals surface area contributed by atoms with E-state index < -0.39 is 0 Å². The number of amides is 1. The SMILES string of the molecule is CN(C)c1ccc(NC(=O)C2CCC(N)C2)cn1. The van der Waals surface area contributed by atoms with Crippen LogP contribution in [0.25, 0.3) is 0 Å². The number of hydrogen-bond donors (Lipinski definition) is 2. The molecule has 0 saturated heterocycles. The highest BCUT2D eigenvalue weighted by Crippen LogP contribution is 2.25. The lowest BCUT2D eigenvalue weighted by Gasteiger charge is -2.13. The van der Waals surface area contributed by atoms with Gasteiger partial charge in [-0.05, 0) is 31.4 Å². The Kier molecular flexibility index (Phi) is 3.81. The van der Waals surface area contributed by atoms with Gasteiger partial charge in [0, 0.05) is 26.1 Å². The van der Waals surface area contributed by atoms with E-state index >= 15 is 0 Å². The second kappa shape index (κ2) is 5.35. The zero-order valence-electron chi connectivity index (χ0n) is 10.9. The van der Waals surface area contributed by atoms with E-state index in [0.29, 0.717) is 0 Å². The van der Waals surface area contributed by atoms with E-state index in [0.717, 1.165) is 30.8 Å². The Labute approximate surface area is 107 Å². The first-order chi connectivity index (χ1) is 8.56. The number of nitrogens with one attached hydrogen (secondary N) is 1. The molecule has 1 aliphatic rings. The van der Waals surface area contributed by atoms with Crippen LogP contribution in [0.4, 0.5) is 11.5 Å². The summed E-state index contributed by atoms with van der Waals surface area (Å²) in [5.41, 5.74) is 6.55. The van der Waals surface area contributed by atoms with Crippen molar-refractivity contribution >= 4 is 17.4 Å². The number of carbonyl (C=O) groups is 1. The quantitative estimate of drug-likeness (QED) is 0.843. The van der Waals surface area contributed by atoms with Gasteiger partial charge in [0.05, 0.1) is 11.9 Å². The summed E-state index contributed by atoms with van der Waals surface area (Å²) in [5, 5.41) is 2.90. The predicted molar refractivity (Wildman–Crippen MR) is 72.5 cm³/mol. The molecule has 1 aromatic heterocycles. The van der Waals surface area contributed by atoms with E-state index in [9.17, 15) is 4.79 Å². The van der Waals surface area contributed by atoms with E-state index in [1.54, 1.807) is 6.20 Å². The third kappa shape index (κ3) is 2.98. The van der Waals surface area contributed by atoms with Gasteiger partial charge in [0.15, 0.2) is 0 Å².